The lowest BCUT2D eigenvalue weighted by atomic mass is 10.1. The monoisotopic (exact) mass is 204 g/mol. The molecule has 1 aromatic heterocycles. The van der Waals surface area contributed by atoms with Gasteiger partial charge < -0.3 is 16.2 Å². The zero-order chi connectivity index (χ0) is 10.8. The predicted molar refractivity (Wildman–Crippen MR) is 59.4 cm³/mol. The van der Waals surface area contributed by atoms with Crippen LogP contribution in [0.25, 0.3) is 11.3 Å². The molecule has 5 N–H and O–H groups in total. The number of rotatable bonds is 2. The number of ether oxygens (including phenoxy) is 1. The Kier molecular flexibility index (Phi) is 2.21. The zero-order valence-corrected chi connectivity index (χ0v) is 8.32. The van der Waals surface area contributed by atoms with E-state index in [1.807, 2.05) is 24.3 Å². The molecule has 0 amide bonds. The molecule has 0 saturated carbocycles. The number of aromatic amines is 1. The number of methoxy groups -OCH3 is 1. The number of nitrogen functional groups attached to an aromatic ring is 2. The second-order valence-electron chi connectivity index (χ2n) is 3.13. The van der Waals surface area contributed by atoms with Crippen molar-refractivity contribution in [3.63, 3.8) is 0 Å². The lowest BCUT2D eigenvalue weighted by molar-refractivity contribution is 0.415. The number of H-pyrrole nitrogens is 1. The maximum Gasteiger partial charge on any atom is 0.169 e. The summed E-state index contributed by atoms with van der Waals surface area (Å²) in [4.78, 5) is 0. The smallest absolute Gasteiger partial charge is 0.169 e. The Labute approximate surface area is 87.0 Å². The van der Waals surface area contributed by atoms with Crippen molar-refractivity contribution in [1.82, 2.24) is 10.2 Å². The average Bonchev–Trinajstić information content (AvgIpc) is 2.60. The minimum Gasteiger partial charge on any atom is -0.497 e. The molecule has 1 heterocycles. The first kappa shape index (κ1) is 9.39. The summed E-state index contributed by atoms with van der Waals surface area (Å²) in [6.07, 6.45) is 0. The van der Waals surface area contributed by atoms with Crippen LogP contribution in [0.5, 0.6) is 5.75 Å². The highest BCUT2D eigenvalue weighted by Crippen LogP contribution is 2.28. The topological polar surface area (TPSA) is 89.9 Å². The van der Waals surface area contributed by atoms with E-state index in [0.29, 0.717) is 11.5 Å². The summed E-state index contributed by atoms with van der Waals surface area (Å²) in [5.41, 5.74) is 13.4. The molecular formula is C10H12N4O. The van der Waals surface area contributed by atoms with E-state index in [1.165, 1.54) is 0 Å². The number of hydrogen-bond acceptors (Lipinski definition) is 4. The van der Waals surface area contributed by atoms with Crippen LogP contribution < -0.4 is 16.2 Å². The summed E-state index contributed by atoms with van der Waals surface area (Å²) < 4.78 is 5.06. The molecule has 2 rings (SSSR count). The Balaban J connectivity index is 2.41. The van der Waals surface area contributed by atoms with Gasteiger partial charge in [0.1, 0.15) is 11.4 Å². The van der Waals surface area contributed by atoms with Crippen LogP contribution in [0.3, 0.4) is 0 Å². The summed E-state index contributed by atoms with van der Waals surface area (Å²) in [6.45, 7) is 0. The summed E-state index contributed by atoms with van der Waals surface area (Å²) in [6, 6.07) is 7.49. The first-order chi connectivity index (χ1) is 7.22. The normalized spacial score (nSPS) is 10.2. The standard InChI is InChI=1S/C10H12N4O/c1-15-7-4-2-6(3-5-7)9-8(11)10(12)14-13-9/h2-5H,11H2,1H3,(H3,12,13,14). The van der Waals surface area contributed by atoms with Crippen LogP contribution in [0.15, 0.2) is 24.3 Å². The van der Waals surface area contributed by atoms with Crippen molar-refractivity contribution in [2.75, 3.05) is 18.6 Å². The average molecular weight is 204 g/mol. The fourth-order valence-electron chi connectivity index (χ4n) is 1.34. The third kappa shape index (κ3) is 1.59. The van der Waals surface area contributed by atoms with E-state index in [2.05, 4.69) is 10.2 Å². The van der Waals surface area contributed by atoms with Crippen molar-refractivity contribution >= 4 is 11.5 Å². The highest BCUT2D eigenvalue weighted by atomic mass is 16.5. The molecule has 0 aliphatic carbocycles. The third-order valence-electron chi connectivity index (χ3n) is 2.21. The van der Waals surface area contributed by atoms with Gasteiger partial charge in [0.25, 0.3) is 0 Å². The number of nitrogens with two attached hydrogens (primary N) is 2. The molecule has 0 bridgehead atoms. The van der Waals surface area contributed by atoms with Crippen molar-refractivity contribution in [3.05, 3.63) is 24.3 Å². The second-order valence-corrected chi connectivity index (χ2v) is 3.13. The Morgan fingerprint density at radius 2 is 1.87 bits per heavy atom. The van der Waals surface area contributed by atoms with Gasteiger partial charge in [0.05, 0.1) is 12.8 Å². The molecule has 0 saturated heterocycles. The van der Waals surface area contributed by atoms with Gasteiger partial charge in [-0.1, -0.05) is 0 Å². The lowest BCUT2D eigenvalue weighted by Gasteiger charge is -2.02. The molecule has 0 fully saturated rings. The van der Waals surface area contributed by atoms with E-state index in [1.54, 1.807) is 7.11 Å². The molecule has 1 aromatic carbocycles. The molecule has 0 atom stereocenters. The highest BCUT2D eigenvalue weighted by molar-refractivity contribution is 5.79. The van der Waals surface area contributed by atoms with Crippen LogP contribution in [0.2, 0.25) is 0 Å². The van der Waals surface area contributed by atoms with Crippen LogP contribution in [0.1, 0.15) is 0 Å². The minimum absolute atomic E-state index is 0.320. The van der Waals surface area contributed by atoms with E-state index in [0.717, 1.165) is 17.0 Å². The van der Waals surface area contributed by atoms with Gasteiger partial charge in [-0.15, -0.1) is 0 Å². The molecule has 0 unspecified atom stereocenters. The highest BCUT2D eigenvalue weighted by Gasteiger charge is 2.08. The number of nitrogens with one attached hydrogen (secondary N) is 1. The third-order valence-corrected chi connectivity index (χ3v) is 2.21. The molecule has 0 radical (unpaired) electrons. The predicted octanol–water partition coefficient (Wildman–Crippen LogP) is 1.25. The number of aromatic nitrogens is 2. The van der Waals surface area contributed by atoms with Crippen molar-refractivity contribution in [3.8, 4) is 17.0 Å². The largest absolute Gasteiger partial charge is 0.497 e. The Morgan fingerprint density at radius 3 is 2.33 bits per heavy atom. The summed E-state index contributed by atoms with van der Waals surface area (Å²) in [5, 5.41) is 6.62. The summed E-state index contributed by atoms with van der Waals surface area (Å²) >= 11 is 0. The Bertz CT molecular complexity index is 461. The van der Waals surface area contributed by atoms with Gasteiger partial charge in [0.2, 0.25) is 0 Å². The fraction of sp³-hybridized carbons (Fsp3) is 0.100. The Morgan fingerprint density at radius 1 is 1.20 bits per heavy atom. The van der Waals surface area contributed by atoms with E-state index in [4.69, 9.17) is 16.2 Å². The molecule has 5 nitrogen and oxygen atoms in total. The number of nitrogens with zero attached hydrogens (tertiary/aromatic N) is 1. The van der Waals surface area contributed by atoms with Gasteiger partial charge in [-0.05, 0) is 24.3 Å². The van der Waals surface area contributed by atoms with E-state index in [-0.39, 0.29) is 0 Å². The number of benzene rings is 1. The van der Waals surface area contributed by atoms with Gasteiger partial charge in [0.15, 0.2) is 5.82 Å². The Hall–Kier alpha value is -2.17. The maximum atomic E-state index is 5.76. The quantitative estimate of drug-likeness (QED) is 0.686. The number of hydrogen-bond donors (Lipinski definition) is 3. The molecule has 2 aromatic rings. The van der Waals surface area contributed by atoms with Crippen molar-refractivity contribution < 1.29 is 4.74 Å². The van der Waals surface area contributed by atoms with E-state index in [9.17, 15) is 0 Å². The first-order valence-electron chi connectivity index (χ1n) is 4.46. The molecule has 5 heteroatoms. The van der Waals surface area contributed by atoms with Gasteiger partial charge in [-0.2, -0.15) is 5.10 Å². The maximum absolute atomic E-state index is 5.76. The summed E-state index contributed by atoms with van der Waals surface area (Å²) in [5.74, 6) is 1.12. The van der Waals surface area contributed by atoms with Crippen LogP contribution in [0.4, 0.5) is 11.5 Å². The molecular weight excluding hydrogens is 192 g/mol. The molecule has 15 heavy (non-hydrogen) atoms. The SMILES string of the molecule is COc1ccc(-c2[nH]nc(N)c2N)cc1. The van der Waals surface area contributed by atoms with Crippen molar-refractivity contribution in [2.45, 2.75) is 0 Å². The van der Waals surface area contributed by atoms with Crippen LogP contribution >= 0.6 is 0 Å². The van der Waals surface area contributed by atoms with Crippen LogP contribution in [-0.2, 0) is 0 Å². The van der Waals surface area contributed by atoms with Crippen LogP contribution in [0, 0.1) is 0 Å². The van der Waals surface area contributed by atoms with Crippen molar-refractivity contribution in [2.24, 2.45) is 0 Å². The zero-order valence-electron chi connectivity index (χ0n) is 8.32. The fourth-order valence-corrected chi connectivity index (χ4v) is 1.34. The van der Waals surface area contributed by atoms with Gasteiger partial charge >= 0.3 is 0 Å². The molecule has 0 spiro atoms. The van der Waals surface area contributed by atoms with Crippen molar-refractivity contribution in [1.29, 1.82) is 0 Å². The van der Waals surface area contributed by atoms with Gasteiger partial charge in [-0.25, -0.2) is 0 Å². The first-order valence-corrected chi connectivity index (χ1v) is 4.46. The van der Waals surface area contributed by atoms with Crippen LogP contribution in [-0.4, -0.2) is 17.3 Å². The van der Waals surface area contributed by atoms with E-state index >= 15 is 0 Å². The lowest BCUT2D eigenvalue weighted by Crippen LogP contribution is -1.92. The summed E-state index contributed by atoms with van der Waals surface area (Å²) in [7, 11) is 1.62. The van der Waals surface area contributed by atoms with Gasteiger partial charge in [-0.3, -0.25) is 5.10 Å². The minimum atomic E-state index is 0.320. The van der Waals surface area contributed by atoms with E-state index < -0.39 is 0 Å². The second kappa shape index (κ2) is 3.53. The van der Waals surface area contributed by atoms with Gasteiger partial charge in [0, 0.05) is 5.56 Å². The molecule has 78 valence electrons. The molecule has 0 aliphatic heterocycles. The molecule has 0 aliphatic rings. The number of anilines is 2.